The second-order valence-corrected chi connectivity index (χ2v) is 15.8. The smallest absolute Gasteiger partial charge is 0.330 e. The minimum atomic E-state index is -2.08. The third-order valence-electron chi connectivity index (χ3n) is 11.3. The van der Waals surface area contributed by atoms with Gasteiger partial charge in [0.2, 0.25) is 12.6 Å². The van der Waals surface area contributed by atoms with Crippen molar-refractivity contribution in [3.05, 3.63) is 94.7 Å². The number of fused-ring (bicyclic) bond motifs is 1. The molecule has 24 nitrogen and oxygen atoms in total. The molecule has 0 bridgehead atoms. The quantitative estimate of drug-likeness (QED) is 0.0506. The molecule has 5 aliphatic rings. The summed E-state index contributed by atoms with van der Waals surface area (Å²) in [5.41, 5.74) is 0.446. The lowest BCUT2D eigenvalue weighted by Crippen LogP contribution is -2.64. The minimum absolute atomic E-state index is 0.0151. The van der Waals surface area contributed by atoms with Gasteiger partial charge < -0.3 is 114 Å². The van der Waals surface area contributed by atoms with Crippen LogP contribution in [-0.4, -0.2) is 203 Å². The van der Waals surface area contributed by atoms with Gasteiger partial charge in [-0.2, -0.15) is 0 Å². The Morgan fingerprint density at radius 2 is 1.30 bits per heavy atom. The van der Waals surface area contributed by atoms with Crippen LogP contribution in [0.25, 0.3) is 11.8 Å². The van der Waals surface area contributed by atoms with Gasteiger partial charge in [0, 0.05) is 29.4 Å². The maximum absolute atomic E-state index is 12.8. The fourth-order valence-electron chi connectivity index (χ4n) is 7.57. The Kier molecular flexibility index (Phi) is 15.3. The summed E-state index contributed by atoms with van der Waals surface area (Å²) < 4.78 is 52.2. The molecule has 67 heavy (non-hydrogen) atoms. The first-order chi connectivity index (χ1) is 31.9. The summed E-state index contributed by atoms with van der Waals surface area (Å²) in [5, 5.41) is 147. The Balaban J connectivity index is 1.25. The topological polar surface area (TPSA) is 383 Å². The van der Waals surface area contributed by atoms with Gasteiger partial charge in [0.1, 0.15) is 91.4 Å². The van der Waals surface area contributed by atoms with Gasteiger partial charge in [-0.05, 0) is 48.0 Å². The van der Waals surface area contributed by atoms with Gasteiger partial charge in [-0.3, -0.25) is 0 Å². The zero-order valence-corrected chi connectivity index (χ0v) is 35.1. The van der Waals surface area contributed by atoms with E-state index in [2.05, 4.69) is 0 Å². The van der Waals surface area contributed by atoms with E-state index in [1.807, 2.05) is 0 Å². The van der Waals surface area contributed by atoms with Crippen molar-refractivity contribution in [2.75, 3.05) is 26.9 Å². The largest absolute Gasteiger partial charge is 0.508 e. The molecule has 14 N–H and O–H groups in total. The molecule has 24 heteroatoms. The highest BCUT2D eigenvalue weighted by molar-refractivity contribution is 5.87. The zero-order chi connectivity index (χ0) is 48.4. The summed E-state index contributed by atoms with van der Waals surface area (Å²) in [6.07, 6.45) is -22.9. The number of aliphatic hydroxyl groups excluding tert-OH is 11. The highest BCUT2D eigenvalue weighted by Gasteiger charge is 2.53. The predicted molar refractivity (Wildman–Crippen MR) is 218 cm³/mol. The molecular weight excluding hydrogens is 900 g/mol. The molecule has 16 unspecified atom stereocenters. The van der Waals surface area contributed by atoms with Crippen molar-refractivity contribution in [1.82, 2.24) is 0 Å². The zero-order valence-electron chi connectivity index (χ0n) is 35.1. The molecule has 1 aliphatic carbocycles. The molecular formula is C43H50O24. The van der Waals surface area contributed by atoms with Crippen LogP contribution >= 0.6 is 0 Å². The number of hydrogen-bond acceptors (Lipinski definition) is 24. The van der Waals surface area contributed by atoms with E-state index in [4.69, 9.17) is 42.6 Å². The Bertz CT molecular complexity index is 2250. The van der Waals surface area contributed by atoms with Crippen LogP contribution in [0.2, 0.25) is 0 Å². The summed E-state index contributed by atoms with van der Waals surface area (Å²) in [4.78, 5) is 12.8. The van der Waals surface area contributed by atoms with Crippen LogP contribution in [0.15, 0.2) is 83.6 Å². The van der Waals surface area contributed by atoms with Gasteiger partial charge in [-0.25, -0.2) is 4.79 Å². The fraction of sp³-hybridized carbons (Fsp3) is 0.465. The van der Waals surface area contributed by atoms with Crippen LogP contribution in [0.4, 0.5) is 0 Å². The first kappa shape index (κ1) is 49.4. The third-order valence-corrected chi connectivity index (χ3v) is 11.3. The van der Waals surface area contributed by atoms with Gasteiger partial charge in [-0.1, -0.05) is 6.07 Å². The number of carbonyl (C=O) groups excluding carboxylic acids is 1. The van der Waals surface area contributed by atoms with E-state index in [-0.39, 0.29) is 39.9 Å². The number of benzene rings is 2. The van der Waals surface area contributed by atoms with Gasteiger partial charge in [0.15, 0.2) is 46.9 Å². The Hall–Kier alpha value is -5.55. The Morgan fingerprint density at radius 3 is 1.96 bits per heavy atom. The average molecular weight is 951 g/mol. The molecule has 2 aromatic carbocycles. The van der Waals surface area contributed by atoms with Crippen molar-refractivity contribution in [2.24, 2.45) is 0 Å². The molecule has 2 aromatic rings. The number of carbonyl (C=O) groups is 1. The van der Waals surface area contributed by atoms with E-state index in [9.17, 15) is 76.3 Å². The molecule has 0 amide bonds. The van der Waals surface area contributed by atoms with Crippen LogP contribution in [0.5, 0.6) is 23.0 Å². The van der Waals surface area contributed by atoms with E-state index < -0.39 is 141 Å². The molecule has 0 saturated carbocycles. The molecule has 3 saturated heterocycles. The number of rotatable bonds is 14. The minimum Gasteiger partial charge on any atom is -0.508 e. The van der Waals surface area contributed by atoms with Crippen LogP contribution in [0, 0.1) is 0 Å². The summed E-state index contributed by atoms with van der Waals surface area (Å²) in [7, 11) is 1.27. The van der Waals surface area contributed by atoms with Gasteiger partial charge in [0.25, 0.3) is 0 Å². The van der Waals surface area contributed by atoms with Crippen molar-refractivity contribution in [1.29, 1.82) is 0 Å². The molecule has 0 spiro atoms. The molecule has 7 rings (SSSR count). The van der Waals surface area contributed by atoms with E-state index >= 15 is 0 Å². The lowest BCUT2D eigenvalue weighted by Gasteiger charge is -2.46. The normalized spacial score (nSPS) is 35.4. The molecule has 0 radical (unpaired) electrons. The standard InChI is InChI=1S/C43H50O24/c1-59-25-9-17(4-6-21(25)48)39-26(12-19-23(61-39)10-18(46)11-24(19)62-41-37(57)34(54)31(51)27(13-44)64-41)63-43-40(67-42-38(58)35(55)32(52)28(14-45)65-42)36(56)33(53)29(66-43)15-60-30(50)7-3-16-2-5-20(47)22(49)8-16/h2-12,23,27-29,31-38,40-49,51-58H,13-15H2,1H3. The molecule has 0 aromatic heterocycles. The SMILES string of the molecule is COc1cc(C2=C(OC3OC(COC(=O)C=Cc4ccc(O)c(O)c4)C(O)C(O)C3OC3OC(CO)C(O)C(O)C3O)C=C3C(OC4OC(CO)C(O)C(O)C4O)=CC(O)=CC3O2)ccc1O. The van der Waals surface area contributed by atoms with Crippen molar-refractivity contribution >= 4 is 17.8 Å². The lowest BCUT2D eigenvalue weighted by atomic mass is 9.95. The number of ether oxygens (including phenoxy) is 9. The highest BCUT2D eigenvalue weighted by atomic mass is 16.8. The second-order valence-electron chi connectivity index (χ2n) is 15.8. The summed E-state index contributed by atoms with van der Waals surface area (Å²) >= 11 is 0. The van der Waals surface area contributed by atoms with E-state index in [0.717, 1.165) is 18.2 Å². The van der Waals surface area contributed by atoms with Crippen LogP contribution < -0.4 is 4.74 Å². The number of esters is 1. The van der Waals surface area contributed by atoms with Gasteiger partial charge in [-0.15, -0.1) is 0 Å². The summed E-state index contributed by atoms with van der Waals surface area (Å²) in [6, 6.07) is 7.68. The monoisotopic (exact) mass is 950 g/mol. The van der Waals surface area contributed by atoms with Crippen LogP contribution in [-0.2, 0) is 42.7 Å². The first-order valence-electron chi connectivity index (χ1n) is 20.5. The number of phenolic OH excluding ortho intramolecular Hbond substituents is 3. The molecule has 366 valence electrons. The van der Waals surface area contributed by atoms with E-state index in [0.29, 0.717) is 5.56 Å². The Labute approximate surface area is 379 Å². The molecule has 4 heterocycles. The van der Waals surface area contributed by atoms with Crippen LogP contribution in [0.1, 0.15) is 11.1 Å². The van der Waals surface area contributed by atoms with Crippen molar-refractivity contribution in [3.63, 3.8) is 0 Å². The van der Waals surface area contributed by atoms with Gasteiger partial charge in [0.05, 0.1) is 20.3 Å². The third kappa shape index (κ3) is 10.5. The van der Waals surface area contributed by atoms with Crippen molar-refractivity contribution < 1.29 is 119 Å². The molecule has 3 fully saturated rings. The van der Waals surface area contributed by atoms with Crippen molar-refractivity contribution in [2.45, 2.75) is 98.2 Å². The number of methoxy groups -OCH3 is 1. The maximum Gasteiger partial charge on any atom is 0.330 e. The van der Waals surface area contributed by atoms with Crippen molar-refractivity contribution in [3.8, 4) is 23.0 Å². The van der Waals surface area contributed by atoms with Gasteiger partial charge >= 0.3 is 5.97 Å². The molecule has 4 aliphatic heterocycles. The predicted octanol–water partition coefficient (Wildman–Crippen LogP) is -3.13. The summed E-state index contributed by atoms with van der Waals surface area (Å²) in [5.74, 6) is -3.41. The fourth-order valence-corrected chi connectivity index (χ4v) is 7.57. The summed E-state index contributed by atoms with van der Waals surface area (Å²) in [6.45, 7) is -2.42. The Morgan fingerprint density at radius 1 is 0.672 bits per heavy atom. The van der Waals surface area contributed by atoms with E-state index in [1.54, 1.807) is 0 Å². The maximum atomic E-state index is 12.8. The number of hydrogen-bond donors (Lipinski definition) is 14. The molecule has 16 atom stereocenters. The first-order valence-corrected chi connectivity index (χ1v) is 20.5. The highest BCUT2D eigenvalue weighted by Crippen LogP contribution is 2.42. The van der Waals surface area contributed by atoms with E-state index in [1.165, 1.54) is 55.7 Å². The average Bonchev–Trinajstić information content (AvgIpc) is 3.31. The number of allylic oxidation sites excluding steroid dienone is 2. The van der Waals surface area contributed by atoms with Crippen LogP contribution in [0.3, 0.4) is 0 Å². The number of phenols is 3. The lowest BCUT2D eigenvalue weighted by molar-refractivity contribution is -0.363. The second kappa shape index (κ2) is 20.8. The number of aliphatic hydroxyl groups is 11. The number of aromatic hydroxyl groups is 3.